The molecule has 2 amide bonds. The zero-order valence-corrected chi connectivity index (χ0v) is 16.5. The minimum absolute atomic E-state index is 0.149. The smallest absolute Gasteiger partial charge is 0.291 e. The molecule has 0 unspecified atom stereocenters. The number of rotatable bonds is 8. The Labute approximate surface area is 169 Å². The summed E-state index contributed by atoms with van der Waals surface area (Å²) in [7, 11) is 0. The quantitative estimate of drug-likeness (QED) is 0.564. The van der Waals surface area contributed by atoms with E-state index in [4.69, 9.17) is 9.15 Å². The fourth-order valence-corrected chi connectivity index (χ4v) is 2.81. The fraction of sp³-hybridized carbons (Fsp3) is 0.217. The first-order valence-electron chi connectivity index (χ1n) is 9.53. The number of hydrogen-bond acceptors (Lipinski definition) is 4. The van der Waals surface area contributed by atoms with Gasteiger partial charge in [0.1, 0.15) is 18.1 Å². The Balaban J connectivity index is 1.53. The summed E-state index contributed by atoms with van der Waals surface area (Å²) >= 11 is 0. The number of benzene rings is 2. The lowest BCUT2D eigenvalue weighted by Crippen LogP contribution is -2.11. The number of aryl methyl sites for hydroxylation is 1. The van der Waals surface area contributed by atoms with Crippen molar-refractivity contribution in [3.05, 3.63) is 77.7 Å². The van der Waals surface area contributed by atoms with Gasteiger partial charge >= 0.3 is 0 Å². The molecule has 0 bridgehead atoms. The van der Waals surface area contributed by atoms with E-state index in [-0.39, 0.29) is 24.2 Å². The van der Waals surface area contributed by atoms with Gasteiger partial charge in [0.2, 0.25) is 5.91 Å². The van der Waals surface area contributed by atoms with Gasteiger partial charge in [0.15, 0.2) is 5.76 Å². The summed E-state index contributed by atoms with van der Waals surface area (Å²) in [6, 6.07) is 18.2. The first kappa shape index (κ1) is 20.2. The van der Waals surface area contributed by atoms with Crippen molar-refractivity contribution in [3.63, 3.8) is 0 Å². The van der Waals surface area contributed by atoms with Gasteiger partial charge in [-0.2, -0.15) is 0 Å². The maximum Gasteiger partial charge on any atom is 0.291 e. The van der Waals surface area contributed by atoms with Crippen LogP contribution < -0.4 is 15.4 Å². The predicted octanol–water partition coefficient (Wildman–Crippen LogP) is 5.02. The minimum atomic E-state index is -0.354. The molecule has 1 aromatic heterocycles. The van der Waals surface area contributed by atoms with Gasteiger partial charge < -0.3 is 19.8 Å². The van der Waals surface area contributed by atoms with Crippen molar-refractivity contribution in [2.24, 2.45) is 0 Å². The Kier molecular flexibility index (Phi) is 6.68. The van der Waals surface area contributed by atoms with E-state index in [0.29, 0.717) is 17.1 Å². The molecule has 0 aliphatic rings. The number of anilines is 2. The van der Waals surface area contributed by atoms with Crippen LogP contribution in [0, 0.1) is 0 Å². The summed E-state index contributed by atoms with van der Waals surface area (Å²) in [6.07, 6.45) is 2.16. The molecule has 2 N–H and O–H groups in total. The Bertz CT molecular complexity index is 959. The standard InChI is InChI=1S/C23H24N2O4/c1-3-4-17-5-11-20(12-6-17)28-15-21-13-14-22(29-21)23(27)25-19-9-7-18(8-10-19)24-16(2)26/h5-14H,3-4,15H2,1-2H3,(H,24,26)(H,25,27). The minimum Gasteiger partial charge on any atom is -0.486 e. The van der Waals surface area contributed by atoms with E-state index in [2.05, 4.69) is 29.7 Å². The Morgan fingerprint density at radius 3 is 2.17 bits per heavy atom. The first-order valence-corrected chi connectivity index (χ1v) is 9.53. The van der Waals surface area contributed by atoms with E-state index in [9.17, 15) is 9.59 Å². The Morgan fingerprint density at radius 2 is 1.55 bits per heavy atom. The number of furan rings is 1. The topological polar surface area (TPSA) is 80.6 Å². The van der Waals surface area contributed by atoms with Crippen molar-refractivity contribution in [3.8, 4) is 5.75 Å². The van der Waals surface area contributed by atoms with Crippen molar-refractivity contribution in [1.29, 1.82) is 0 Å². The highest BCUT2D eigenvalue weighted by atomic mass is 16.5. The number of carbonyl (C=O) groups excluding carboxylic acids is 2. The first-order chi connectivity index (χ1) is 14.0. The van der Waals surface area contributed by atoms with Gasteiger partial charge in [0.05, 0.1) is 0 Å². The molecule has 1 heterocycles. The molecule has 29 heavy (non-hydrogen) atoms. The lowest BCUT2D eigenvalue weighted by molar-refractivity contribution is -0.114. The largest absolute Gasteiger partial charge is 0.486 e. The summed E-state index contributed by atoms with van der Waals surface area (Å²) in [5.74, 6) is 1.02. The summed E-state index contributed by atoms with van der Waals surface area (Å²) in [4.78, 5) is 23.4. The van der Waals surface area contributed by atoms with Crippen molar-refractivity contribution < 1.29 is 18.7 Å². The second-order valence-electron chi connectivity index (χ2n) is 6.66. The SMILES string of the molecule is CCCc1ccc(OCc2ccc(C(=O)Nc3ccc(NC(C)=O)cc3)o2)cc1. The van der Waals surface area contributed by atoms with Gasteiger partial charge in [-0.3, -0.25) is 9.59 Å². The van der Waals surface area contributed by atoms with Crippen molar-refractivity contribution in [1.82, 2.24) is 0 Å². The number of carbonyl (C=O) groups is 2. The number of ether oxygens (including phenoxy) is 1. The monoisotopic (exact) mass is 392 g/mol. The summed E-state index contributed by atoms with van der Waals surface area (Å²) in [6.45, 7) is 3.83. The molecular weight excluding hydrogens is 368 g/mol. The molecule has 150 valence electrons. The molecular formula is C23H24N2O4. The maximum absolute atomic E-state index is 12.3. The molecule has 0 aliphatic heterocycles. The maximum atomic E-state index is 12.3. The van der Waals surface area contributed by atoms with Crippen LogP contribution in [-0.4, -0.2) is 11.8 Å². The summed E-state index contributed by atoms with van der Waals surface area (Å²) < 4.78 is 11.3. The summed E-state index contributed by atoms with van der Waals surface area (Å²) in [5.41, 5.74) is 2.54. The highest BCUT2D eigenvalue weighted by molar-refractivity contribution is 6.02. The van der Waals surface area contributed by atoms with Crippen LogP contribution in [0.25, 0.3) is 0 Å². The van der Waals surface area contributed by atoms with Crippen molar-refractivity contribution in [2.45, 2.75) is 33.3 Å². The van der Waals surface area contributed by atoms with Crippen molar-refractivity contribution >= 4 is 23.2 Å². The third-order valence-corrected chi connectivity index (χ3v) is 4.19. The molecule has 0 atom stereocenters. The second-order valence-corrected chi connectivity index (χ2v) is 6.66. The van der Waals surface area contributed by atoms with Gasteiger partial charge in [-0.25, -0.2) is 0 Å². The van der Waals surface area contributed by atoms with Crippen LogP contribution in [0.5, 0.6) is 5.75 Å². The zero-order valence-electron chi connectivity index (χ0n) is 16.5. The van der Waals surface area contributed by atoms with E-state index in [1.165, 1.54) is 12.5 Å². The second kappa shape index (κ2) is 9.59. The highest BCUT2D eigenvalue weighted by Gasteiger charge is 2.12. The third-order valence-electron chi connectivity index (χ3n) is 4.19. The van der Waals surface area contributed by atoms with E-state index in [1.807, 2.05) is 12.1 Å². The average molecular weight is 392 g/mol. The molecule has 0 saturated heterocycles. The van der Waals surface area contributed by atoms with Crippen LogP contribution in [-0.2, 0) is 17.8 Å². The molecule has 0 aliphatic carbocycles. The molecule has 6 nitrogen and oxygen atoms in total. The zero-order chi connectivity index (χ0) is 20.6. The van der Waals surface area contributed by atoms with Crippen molar-refractivity contribution in [2.75, 3.05) is 10.6 Å². The van der Waals surface area contributed by atoms with Gasteiger partial charge in [0, 0.05) is 18.3 Å². The highest BCUT2D eigenvalue weighted by Crippen LogP contribution is 2.18. The molecule has 2 aromatic carbocycles. The predicted molar refractivity (Wildman–Crippen MR) is 112 cm³/mol. The Morgan fingerprint density at radius 1 is 0.897 bits per heavy atom. The van der Waals surface area contributed by atoms with Gasteiger partial charge in [0.25, 0.3) is 5.91 Å². The van der Waals surface area contributed by atoms with E-state index in [0.717, 1.165) is 18.6 Å². The van der Waals surface area contributed by atoms with E-state index >= 15 is 0 Å². The number of amides is 2. The van der Waals surface area contributed by atoms with Crippen LogP contribution in [0.15, 0.2) is 65.1 Å². The van der Waals surface area contributed by atoms with Crippen LogP contribution in [0.3, 0.4) is 0 Å². The third kappa shape index (κ3) is 5.97. The molecule has 3 aromatic rings. The lowest BCUT2D eigenvalue weighted by Gasteiger charge is -2.06. The van der Waals surface area contributed by atoms with Crippen LogP contribution in [0.2, 0.25) is 0 Å². The Hall–Kier alpha value is -3.54. The molecule has 6 heteroatoms. The van der Waals surface area contributed by atoms with Crippen LogP contribution in [0.1, 0.15) is 42.1 Å². The molecule has 3 rings (SSSR count). The molecule has 0 fully saturated rings. The molecule has 0 radical (unpaired) electrons. The van der Waals surface area contributed by atoms with Crippen LogP contribution >= 0.6 is 0 Å². The number of hydrogen-bond donors (Lipinski definition) is 2. The molecule has 0 saturated carbocycles. The van der Waals surface area contributed by atoms with Gasteiger partial charge in [-0.05, 0) is 60.5 Å². The molecule has 0 spiro atoms. The van der Waals surface area contributed by atoms with E-state index < -0.39 is 0 Å². The van der Waals surface area contributed by atoms with Crippen LogP contribution in [0.4, 0.5) is 11.4 Å². The number of nitrogens with one attached hydrogen (secondary N) is 2. The average Bonchev–Trinajstić information content (AvgIpc) is 3.18. The summed E-state index contributed by atoms with van der Waals surface area (Å²) in [5, 5.41) is 5.43. The normalized spacial score (nSPS) is 10.4. The van der Waals surface area contributed by atoms with Gasteiger partial charge in [-0.1, -0.05) is 25.5 Å². The fourth-order valence-electron chi connectivity index (χ4n) is 2.81. The van der Waals surface area contributed by atoms with E-state index in [1.54, 1.807) is 36.4 Å². The lowest BCUT2D eigenvalue weighted by atomic mass is 10.1. The van der Waals surface area contributed by atoms with Gasteiger partial charge in [-0.15, -0.1) is 0 Å².